The largest absolute Gasteiger partial charge is 0.339 e. The topological polar surface area (TPSA) is 33.2 Å². The van der Waals surface area contributed by atoms with Gasteiger partial charge in [0.05, 0.1) is 5.56 Å². The Hall–Kier alpha value is -1.81. The number of hydrogen-bond acceptors (Lipinski definition) is 3. The molecule has 0 spiro atoms. The lowest BCUT2D eigenvalue weighted by atomic mass is 10.1. The molecule has 2 heterocycles. The number of pyridine rings is 1. The third-order valence-corrected chi connectivity index (χ3v) is 5.37. The van der Waals surface area contributed by atoms with Crippen LogP contribution in [-0.4, -0.2) is 28.9 Å². The third-order valence-electron chi connectivity index (χ3n) is 4.20. The third kappa shape index (κ3) is 3.75. The molecule has 1 aromatic carbocycles. The van der Waals surface area contributed by atoms with Crippen LogP contribution in [0.5, 0.6) is 0 Å². The Morgan fingerprint density at radius 1 is 1.13 bits per heavy atom. The van der Waals surface area contributed by atoms with Crippen molar-refractivity contribution < 1.29 is 4.79 Å². The summed E-state index contributed by atoms with van der Waals surface area (Å²) in [6, 6.07) is 10.1. The van der Waals surface area contributed by atoms with E-state index in [-0.39, 0.29) is 5.91 Å². The van der Waals surface area contributed by atoms with E-state index in [9.17, 15) is 4.79 Å². The van der Waals surface area contributed by atoms with Gasteiger partial charge in [0.2, 0.25) is 0 Å². The Balaban J connectivity index is 1.88. The van der Waals surface area contributed by atoms with E-state index in [1.54, 1.807) is 18.0 Å². The van der Waals surface area contributed by atoms with Crippen LogP contribution in [0.25, 0.3) is 0 Å². The Morgan fingerprint density at radius 2 is 1.91 bits per heavy atom. The number of aromatic nitrogens is 1. The maximum Gasteiger partial charge on any atom is 0.256 e. The molecular weight excluding hydrogens is 304 g/mol. The fourth-order valence-electron chi connectivity index (χ4n) is 2.82. The van der Waals surface area contributed by atoms with Crippen molar-refractivity contribution in [2.75, 3.05) is 13.1 Å². The van der Waals surface area contributed by atoms with Crippen LogP contribution in [0.3, 0.4) is 0 Å². The molecule has 2 aromatic rings. The number of carbonyl (C=O) groups excluding carboxylic acids is 1. The van der Waals surface area contributed by atoms with Crippen molar-refractivity contribution in [2.45, 2.75) is 43.0 Å². The highest BCUT2D eigenvalue weighted by molar-refractivity contribution is 7.99. The predicted octanol–water partition coefficient (Wildman–Crippen LogP) is 4.48. The standard InChI is InChI=1S/C19H22N2OS/c1-14-8-9-15(2)17(13-14)23-18-16(7-6-10-20-18)19(22)21-11-4-3-5-12-21/h6-10,13H,3-5,11-12H2,1-2H3. The quantitative estimate of drug-likeness (QED) is 0.834. The van der Waals surface area contributed by atoms with E-state index in [0.29, 0.717) is 0 Å². The number of amides is 1. The van der Waals surface area contributed by atoms with E-state index >= 15 is 0 Å². The Bertz CT molecular complexity index is 708. The van der Waals surface area contributed by atoms with Gasteiger partial charge in [-0.15, -0.1) is 0 Å². The highest BCUT2D eigenvalue weighted by atomic mass is 32.2. The second kappa shape index (κ2) is 7.18. The number of carbonyl (C=O) groups is 1. The SMILES string of the molecule is Cc1ccc(C)c(Sc2ncccc2C(=O)N2CCCCC2)c1. The summed E-state index contributed by atoms with van der Waals surface area (Å²) in [6.45, 7) is 5.90. The van der Waals surface area contributed by atoms with E-state index in [1.807, 2.05) is 17.0 Å². The maximum atomic E-state index is 12.8. The first kappa shape index (κ1) is 16.1. The highest BCUT2D eigenvalue weighted by Gasteiger charge is 2.21. The molecule has 1 aliphatic heterocycles. The molecule has 23 heavy (non-hydrogen) atoms. The summed E-state index contributed by atoms with van der Waals surface area (Å²) >= 11 is 1.59. The average Bonchev–Trinajstić information content (AvgIpc) is 2.59. The van der Waals surface area contributed by atoms with Gasteiger partial charge in [-0.25, -0.2) is 4.98 Å². The first-order valence-electron chi connectivity index (χ1n) is 8.14. The van der Waals surface area contributed by atoms with E-state index in [0.717, 1.165) is 41.4 Å². The minimum Gasteiger partial charge on any atom is -0.339 e. The van der Waals surface area contributed by atoms with E-state index in [1.165, 1.54) is 17.5 Å². The van der Waals surface area contributed by atoms with E-state index in [2.05, 4.69) is 37.0 Å². The van der Waals surface area contributed by atoms with Crippen molar-refractivity contribution in [2.24, 2.45) is 0 Å². The molecule has 0 bridgehead atoms. The van der Waals surface area contributed by atoms with Crippen molar-refractivity contribution in [3.05, 3.63) is 53.2 Å². The summed E-state index contributed by atoms with van der Waals surface area (Å²) in [5.74, 6) is 0.116. The fraction of sp³-hybridized carbons (Fsp3) is 0.368. The first-order chi connectivity index (χ1) is 11.1. The van der Waals surface area contributed by atoms with Crippen LogP contribution in [0.15, 0.2) is 46.5 Å². The van der Waals surface area contributed by atoms with Crippen LogP contribution in [0, 0.1) is 13.8 Å². The van der Waals surface area contributed by atoms with Crippen LogP contribution >= 0.6 is 11.8 Å². The maximum absolute atomic E-state index is 12.8. The molecule has 1 fully saturated rings. The number of benzene rings is 1. The lowest BCUT2D eigenvalue weighted by Gasteiger charge is -2.27. The van der Waals surface area contributed by atoms with Gasteiger partial charge in [0.15, 0.2) is 0 Å². The molecule has 3 nitrogen and oxygen atoms in total. The summed E-state index contributed by atoms with van der Waals surface area (Å²) in [6.07, 6.45) is 5.19. The molecule has 0 radical (unpaired) electrons. The Labute approximate surface area is 142 Å². The van der Waals surface area contributed by atoms with Gasteiger partial charge in [-0.05, 0) is 62.4 Å². The minimum absolute atomic E-state index is 0.116. The van der Waals surface area contributed by atoms with E-state index < -0.39 is 0 Å². The average molecular weight is 326 g/mol. The summed E-state index contributed by atoms with van der Waals surface area (Å²) in [5.41, 5.74) is 3.15. The van der Waals surface area contributed by atoms with Crippen LogP contribution in [0.2, 0.25) is 0 Å². The van der Waals surface area contributed by atoms with Gasteiger partial charge in [0.1, 0.15) is 5.03 Å². The molecule has 1 aliphatic rings. The van der Waals surface area contributed by atoms with Crippen molar-refractivity contribution in [1.29, 1.82) is 0 Å². The molecule has 4 heteroatoms. The molecular formula is C19H22N2OS. The fourth-order valence-corrected chi connectivity index (χ4v) is 3.88. The van der Waals surface area contributed by atoms with Crippen molar-refractivity contribution in [3.8, 4) is 0 Å². The molecule has 0 atom stereocenters. The predicted molar refractivity (Wildman–Crippen MR) is 94.0 cm³/mol. The van der Waals surface area contributed by atoms with Gasteiger partial charge >= 0.3 is 0 Å². The second-order valence-corrected chi connectivity index (χ2v) is 7.11. The molecule has 0 N–H and O–H groups in total. The molecule has 0 unspecified atom stereocenters. The van der Waals surface area contributed by atoms with Gasteiger partial charge in [-0.2, -0.15) is 0 Å². The monoisotopic (exact) mass is 326 g/mol. The summed E-state index contributed by atoms with van der Waals surface area (Å²) in [7, 11) is 0. The van der Waals surface area contributed by atoms with Gasteiger partial charge in [0, 0.05) is 24.2 Å². The molecule has 1 saturated heterocycles. The zero-order chi connectivity index (χ0) is 16.2. The zero-order valence-corrected chi connectivity index (χ0v) is 14.5. The first-order valence-corrected chi connectivity index (χ1v) is 8.96. The van der Waals surface area contributed by atoms with Crippen molar-refractivity contribution >= 4 is 17.7 Å². The molecule has 0 aliphatic carbocycles. The van der Waals surface area contributed by atoms with E-state index in [4.69, 9.17) is 0 Å². The van der Waals surface area contributed by atoms with Crippen molar-refractivity contribution in [1.82, 2.24) is 9.88 Å². The molecule has 1 amide bonds. The van der Waals surface area contributed by atoms with Crippen LogP contribution in [0.1, 0.15) is 40.7 Å². The Kier molecular flexibility index (Phi) is 5.01. The van der Waals surface area contributed by atoms with Crippen LogP contribution in [-0.2, 0) is 0 Å². The molecule has 120 valence electrons. The minimum atomic E-state index is 0.116. The lowest BCUT2D eigenvalue weighted by molar-refractivity contribution is 0.0720. The van der Waals surface area contributed by atoms with Crippen LogP contribution in [0.4, 0.5) is 0 Å². The van der Waals surface area contributed by atoms with Gasteiger partial charge in [-0.1, -0.05) is 23.9 Å². The smallest absolute Gasteiger partial charge is 0.256 e. The molecule has 1 aromatic heterocycles. The summed E-state index contributed by atoms with van der Waals surface area (Å²) in [5, 5.41) is 0.803. The molecule has 0 saturated carbocycles. The second-order valence-electron chi connectivity index (χ2n) is 6.08. The number of nitrogens with zero attached hydrogens (tertiary/aromatic N) is 2. The number of likely N-dealkylation sites (tertiary alicyclic amines) is 1. The van der Waals surface area contributed by atoms with Crippen molar-refractivity contribution in [3.63, 3.8) is 0 Å². The number of piperidine rings is 1. The number of rotatable bonds is 3. The van der Waals surface area contributed by atoms with Crippen LogP contribution < -0.4 is 0 Å². The number of hydrogen-bond donors (Lipinski definition) is 0. The summed E-state index contributed by atoms with van der Waals surface area (Å²) < 4.78 is 0. The normalized spacial score (nSPS) is 14.8. The van der Waals surface area contributed by atoms with Gasteiger partial charge < -0.3 is 4.90 Å². The number of aryl methyl sites for hydroxylation is 2. The molecule has 3 rings (SSSR count). The highest BCUT2D eigenvalue weighted by Crippen LogP contribution is 2.32. The Morgan fingerprint density at radius 3 is 2.70 bits per heavy atom. The zero-order valence-electron chi connectivity index (χ0n) is 13.7. The van der Waals surface area contributed by atoms with Gasteiger partial charge in [-0.3, -0.25) is 4.79 Å². The lowest BCUT2D eigenvalue weighted by Crippen LogP contribution is -2.35. The summed E-state index contributed by atoms with van der Waals surface area (Å²) in [4.78, 5) is 20.4. The van der Waals surface area contributed by atoms with Gasteiger partial charge in [0.25, 0.3) is 5.91 Å².